The zero-order valence-electron chi connectivity index (χ0n) is 4.96. The molecule has 0 aliphatic rings. The molecule has 5 heteroatoms. The number of aromatic amines is 2. The molecule has 2 heterocycles. The first-order valence-corrected chi connectivity index (χ1v) is 2.75. The number of hydrogen-bond acceptors (Lipinski definition) is 3. The number of imidazole rings is 1. The van der Waals surface area contributed by atoms with Crippen molar-refractivity contribution in [2.24, 2.45) is 0 Å². The van der Waals surface area contributed by atoms with Crippen LogP contribution in [0.5, 0.6) is 0 Å². The fourth-order valence-electron chi connectivity index (χ4n) is 0.752. The molecule has 0 saturated heterocycles. The van der Waals surface area contributed by atoms with E-state index in [1.807, 2.05) is 0 Å². The Morgan fingerprint density at radius 3 is 3.00 bits per heavy atom. The van der Waals surface area contributed by atoms with Gasteiger partial charge in [-0.25, -0.2) is 9.97 Å². The number of nitrogens with zero attached hydrogens (tertiary/aromatic N) is 2. The average molecular weight is 152 g/mol. The summed E-state index contributed by atoms with van der Waals surface area (Å²) in [7, 11) is 0. The normalized spacial score (nSPS) is 9.45. The van der Waals surface area contributed by atoms with Crippen molar-refractivity contribution in [2.45, 2.75) is 7.43 Å². The van der Waals surface area contributed by atoms with E-state index in [0.717, 1.165) is 0 Å². The highest BCUT2D eigenvalue weighted by molar-refractivity contribution is 5.63. The summed E-state index contributed by atoms with van der Waals surface area (Å²) in [6.45, 7) is 0. The van der Waals surface area contributed by atoms with Crippen molar-refractivity contribution in [3.05, 3.63) is 22.9 Å². The maximum Gasteiger partial charge on any atom is 0.268 e. The van der Waals surface area contributed by atoms with E-state index in [-0.39, 0.29) is 13.0 Å². The maximum atomic E-state index is 10.6. The van der Waals surface area contributed by atoms with E-state index in [1.54, 1.807) is 0 Å². The van der Waals surface area contributed by atoms with Gasteiger partial charge in [-0.1, -0.05) is 7.43 Å². The summed E-state index contributed by atoms with van der Waals surface area (Å²) < 4.78 is 0. The highest BCUT2D eigenvalue weighted by Crippen LogP contribution is 1.94. The van der Waals surface area contributed by atoms with Gasteiger partial charge in [-0.15, -0.1) is 0 Å². The molecule has 0 aliphatic carbocycles. The molecule has 11 heavy (non-hydrogen) atoms. The van der Waals surface area contributed by atoms with Crippen LogP contribution in [0.3, 0.4) is 0 Å². The summed E-state index contributed by atoms with van der Waals surface area (Å²) in [6.07, 6.45) is 2.68. The maximum absolute atomic E-state index is 10.6. The van der Waals surface area contributed by atoms with Crippen LogP contribution in [0.1, 0.15) is 7.43 Å². The molecule has 0 unspecified atom stereocenters. The molecule has 0 aromatic carbocycles. The molecular formula is C6H8N4O. The Morgan fingerprint density at radius 1 is 1.36 bits per heavy atom. The van der Waals surface area contributed by atoms with Crippen LogP contribution in [0.15, 0.2) is 17.3 Å². The second-order valence-corrected chi connectivity index (χ2v) is 1.85. The first kappa shape index (κ1) is 7.46. The van der Waals surface area contributed by atoms with E-state index in [4.69, 9.17) is 0 Å². The summed E-state index contributed by atoms with van der Waals surface area (Å²) in [5.74, 6) is 0. The molecule has 2 rings (SSSR count). The Morgan fingerprint density at radius 2 is 2.18 bits per heavy atom. The lowest BCUT2D eigenvalue weighted by Gasteiger charge is -1.82. The molecule has 0 spiro atoms. The van der Waals surface area contributed by atoms with E-state index in [2.05, 4.69) is 19.9 Å². The predicted octanol–water partition coefficient (Wildman–Crippen LogP) is 0.282. The number of aromatic nitrogens is 4. The van der Waals surface area contributed by atoms with Gasteiger partial charge in [-0.05, 0) is 0 Å². The van der Waals surface area contributed by atoms with Gasteiger partial charge in [0.15, 0.2) is 11.3 Å². The number of H-pyrrole nitrogens is 2. The number of hydrogen-bond donors (Lipinski definition) is 2. The monoisotopic (exact) mass is 152 g/mol. The van der Waals surface area contributed by atoms with Crippen molar-refractivity contribution in [3.8, 4) is 0 Å². The Labute approximate surface area is 62.5 Å². The van der Waals surface area contributed by atoms with Crippen LogP contribution in [0.4, 0.5) is 0 Å². The molecule has 58 valence electrons. The molecule has 0 aliphatic heterocycles. The summed E-state index contributed by atoms with van der Waals surface area (Å²) >= 11 is 0. The van der Waals surface area contributed by atoms with Gasteiger partial charge in [0.2, 0.25) is 0 Å². The number of nitrogens with one attached hydrogen (secondary N) is 2. The van der Waals surface area contributed by atoms with Crippen LogP contribution in [0.2, 0.25) is 0 Å². The molecule has 0 atom stereocenters. The Balaban J connectivity index is 0.000000605. The fraction of sp³-hybridized carbons (Fsp3) is 0.167. The van der Waals surface area contributed by atoms with Gasteiger partial charge < -0.3 is 9.97 Å². The lowest BCUT2D eigenvalue weighted by molar-refractivity contribution is 1.19. The molecule has 0 radical (unpaired) electrons. The van der Waals surface area contributed by atoms with Gasteiger partial charge >= 0.3 is 0 Å². The summed E-state index contributed by atoms with van der Waals surface area (Å²) in [4.78, 5) is 23.5. The zero-order valence-corrected chi connectivity index (χ0v) is 4.96. The van der Waals surface area contributed by atoms with Crippen LogP contribution >= 0.6 is 0 Å². The summed E-state index contributed by atoms with van der Waals surface area (Å²) in [5, 5.41) is 0. The van der Waals surface area contributed by atoms with E-state index >= 15 is 0 Å². The van der Waals surface area contributed by atoms with Crippen molar-refractivity contribution in [1.82, 2.24) is 19.9 Å². The molecule has 2 aromatic heterocycles. The summed E-state index contributed by atoms with van der Waals surface area (Å²) in [5.41, 5.74) is 0.865. The van der Waals surface area contributed by atoms with E-state index < -0.39 is 0 Å². The minimum Gasteiger partial charge on any atom is -0.329 e. The SMILES string of the molecule is C.O=c1cnc2nc[nH]c2[nH]1. The fourth-order valence-corrected chi connectivity index (χ4v) is 0.752. The third kappa shape index (κ3) is 1.12. The highest BCUT2D eigenvalue weighted by Gasteiger charge is 1.94. The standard InChI is InChI=1S/C5H4N4O.CH4/c10-3-1-6-4-5(9-3)8-2-7-4;/h1-2H,(H2,6,7,8,9,10);1H4. The average Bonchev–Trinajstić information content (AvgIpc) is 2.33. The van der Waals surface area contributed by atoms with Crippen molar-refractivity contribution in [2.75, 3.05) is 0 Å². The van der Waals surface area contributed by atoms with Crippen molar-refractivity contribution >= 4 is 11.3 Å². The molecule has 0 amide bonds. The van der Waals surface area contributed by atoms with Crippen LogP contribution in [-0.4, -0.2) is 19.9 Å². The minimum absolute atomic E-state index is 0. The summed E-state index contributed by atoms with van der Waals surface area (Å²) in [6, 6.07) is 0. The van der Waals surface area contributed by atoms with Crippen LogP contribution in [-0.2, 0) is 0 Å². The second-order valence-electron chi connectivity index (χ2n) is 1.85. The van der Waals surface area contributed by atoms with Gasteiger partial charge in [0.1, 0.15) is 0 Å². The van der Waals surface area contributed by atoms with Gasteiger partial charge in [0, 0.05) is 0 Å². The first-order valence-electron chi connectivity index (χ1n) is 2.75. The van der Waals surface area contributed by atoms with E-state index in [0.29, 0.717) is 11.3 Å². The smallest absolute Gasteiger partial charge is 0.268 e. The van der Waals surface area contributed by atoms with Crippen molar-refractivity contribution in [1.29, 1.82) is 0 Å². The van der Waals surface area contributed by atoms with Gasteiger partial charge in [0.25, 0.3) is 5.56 Å². The molecule has 0 bridgehead atoms. The molecule has 2 aromatic rings. The van der Waals surface area contributed by atoms with Crippen LogP contribution in [0, 0.1) is 0 Å². The molecule has 2 N–H and O–H groups in total. The van der Waals surface area contributed by atoms with E-state index in [1.165, 1.54) is 12.5 Å². The van der Waals surface area contributed by atoms with Crippen LogP contribution < -0.4 is 5.56 Å². The Kier molecular flexibility index (Phi) is 1.72. The quantitative estimate of drug-likeness (QED) is 0.569. The Hall–Kier alpha value is -1.65. The van der Waals surface area contributed by atoms with Crippen LogP contribution in [0.25, 0.3) is 11.3 Å². The topological polar surface area (TPSA) is 74.4 Å². The third-order valence-electron chi connectivity index (χ3n) is 1.17. The molecular weight excluding hydrogens is 144 g/mol. The molecule has 0 saturated carbocycles. The number of rotatable bonds is 0. The lowest BCUT2D eigenvalue weighted by atomic mass is 10.7. The largest absolute Gasteiger partial charge is 0.329 e. The van der Waals surface area contributed by atoms with E-state index in [9.17, 15) is 4.79 Å². The third-order valence-corrected chi connectivity index (χ3v) is 1.17. The zero-order chi connectivity index (χ0) is 6.97. The lowest BCUT2D eigenvalue weighted by Crippen LogP contribution is -2.04. The molecule has 5 nitrogen and oxygen atoms in total. The first-order chi connectivity index (χ1) is 4.86. The Bertz CT molecular complexity index is 402. The van der Waals surface area contributed by atoms with Gasteiger partial charge in [0.05, 0.1) is 12.5 Å². The van der Waals surface area contributed by atoms with Gasteiger partial charge in [-0.3, -0.25) is 4.79 Å². The minimum atomic E-state index is -0.225. The van der Waals surface area contributed by atoms with Crippen molar-refractivity contribution < 1.29 is 0 Å². The molecule has 0 fully saturated rings. The number of fused-ring (bicyclic) bond motifs is 1. The second kappa shape index (κ2) is 2.53. The predicted molar refractivity (Wildman–Crippen MR) is 41.2 cm³/mol. The van der Waals surface area contributed by atoms with Gasteiger partial charge in [-0.2, -0.15) is 0 Å². The van der Waals surface area contributed by atoms with Crippen molar-refractivity contribution in [3.63, 3.8) is 0 Å². The highest BCUT2D eigenvalue weighted by atomic mass is 16.1.